The summed E-state index contributed by atoms with van der Waals surface area (Å²) in [5.74, 6) is 0.823. The first-order valence-electron chi connectivity index (χ1n) is 5.53. The maximum Gasteiger partial charge on any atom is 0.341 e. The number of rotatable bonds is 3. The van der Waals surface area contributed by atoms with Gasteiger partial charge in [-0.3, -0.25) is 4.57 Å². The number of carbonyl (C=O) groups is 1. The molecule has 0 spiro atoms. The Morgan fingerprint density at radius 2 is 2.28 bits per heavy atom. The molecule has 94 valence electrons. The van der Waals surface area contributed by atoms with E-state index in [1.165, 1.54) is 13.3 Å². The van der Waals surface area contributed by atoms with Crippen molar-refractivity contribution in [3.63, 3.8) is 0 Å². The number of imidazole rings is 1. The van der Waals surface area contributed by atoms with Crippen molar-refractivity contribution in [3.05, 3.63) is 36.0 Å². The van der Waals surface area contributed by atoms with Crippen LogP contribution < -0.4 is 5.73 Å². The number of carbonyl (C=O) groups excluding carboxylic acids is 1. The van der Waals surface area contributed by atoms with E-state index in [0.717, 1.165) is 12.2 Å². The van der Waals surface area contributed by atoms with Crippen molar-refractivity contribution in [2.24, 2.45) is 0 Å². The van der Waals surface area contributed by atoms with Crippen LogP contribution in [0.15, 0.2) is 24.7 Å². The molecule has 0 unspecified atom stereocenters. The number of nitrogens with zero attached hydrogens (tertiary/aromatic N) is 3. The fourth-order valence-corrected chi connectivity index (χ4v) is 1.71. The van der Waals surface area contributed by atoms with Gasteiger partial charge in [-0.1, -0.05) is 6.92 Å². The summed E-state index contributed by atoms with van der Waals surface area (Å²) in [6.45, 7) is 1.98. The predicted octanol–water partition coefficient (Wildman–Crippen LogP) is 1.20. The molecule has 0 aliphatic heterocycles. The molecular formula is C12H14N4O2. The minimum Gasteiger partial charge on any atom is -0.465 e. The number of anilines is 1. The number of ether oxygens (including phenoxy) is 1. The zero-order valence-electron chi connectivity index (χ0n) is 10.3. The van der Waals surface area contributed by atoms with Crippen LogP contribution in [0.4, 0.5) is 5.69 Å². The van der Waals surface area contributed by atoms with Crippen LogP contribution in [-0.4, -0.2) is 27.6 Å². The molecule has 6 heteroatoms. The van der Waals surface area contributed by atoms with E-state index in [4.69, 9.17) is 10.5 Å². The van der Waals surface area contributed by atoms with Gasteiger partial charge in [-0.25, -0.2) is 14.8 Å². The van der Waals surface area contributed by atoms with Gasteiger partial charge in [0, 0.05) is 18.8 Å². The van der Waals surface area contributed by atoms with Crippen molar-refractivity contribution >= 4 is 11.7 Å². The Hall–Kier alpha value is -2.37. The van der Waals surface area contributed by atoms with E-state index >= 15 is 0 Å². The van der Waals surface area contributed by atoms with Gasteiger partial charge in [-0.2, -0.15) is 0 Å². The lowest BCUT2D eigenvalue weighted by atomic mass is 10.2. The van der Waals surface area contributed by atoms with Crippen molar-refractivity contribution in [1.29, 1.82) is 0 Å². The fourth-order valence-electron chi connectivity index (χ4n) is 1.71. The third-order valence-corrected chi connectivity index (χ3v) is 2.55. The van der Waals surface area contributed by atoms with Gasteiger partial charge in [0.2, 0.25) is 0 Å². The number of hydrogen-bond acceptors (Lipinski definition) is 5. The molecule has 0 saturated carbocycles. The van der Waals surface area contributed by atoms with Gasteiger partial charge in [0.15, 0.2) is 5.82 Å². The standard InChI is InChI=1S/C12H14N4O2/c1-3-10-14-4-5-16(10)11-9(12(17)18-2)6-8(13)7-15-11/h4-7H,3,13H2,1-2H3. The number of nitrogens with two attached hydrogens (primary N) is 1. The maximum atomic E-state index is 11.7. The average molecular weight is 246 g/mol. The molecule has 0 radical (unpaired) electrons. The summed E-state index contributed by atoms with van der Waals surface area (Å²) in [5.41, 5.74) is 6.39. The Bertz CT molecular complexity index is 577. The second kappa shape index (κ2) is 4.87. The molecule has 0 bridgehead atoms. The number of esters is 1. The number of pyridine rings is 1. The molecule has 2 aromatic heterocycles. The van der Waals surface area contributed by atoms with Gasteiger partial charge < -0.3 is 10.5 Å². The number of aryl methyl sites for hydroxylation is 1. The fraction of sp³-hybridized carbons (Fsp3) is 0.250. The van der Waals surface area contributed by atoms with E-state index in [2.05, 4.69) is 9.97 Å². The normalized spacial score (nSPS) is 10.3. The molecule has 18 heavy (non-hydrogen) atoms. The highest BCUT2D eigenvalue weighted by molar-refractivity contribution is 5.93. The Kier molecular flexibility index (Phi) is 3.27. The highest BCUT2D eigenvalue weighted by Gasteiger charge is 2.16. The minimum absolute atomic E-state index is 0.324. The summed E-state index contributed by atoms with van der Waals surface area (Å²) in [7, 11) is 1.32. The Balaban J connectivity index is 2.60. The summed E-state index contributed by atoms with van der Waals surface area (Å²) < 4.78 is 6.49. The lowest BCUT2D eigenvalue weighted by molar-refractivity contribution is 0.0600. The van der Waals surface area contributed by atoms with E-state index in [1.54, 1.807) is 23.0 Å². The first kappa shape index (κ1) is 12.1. The van der Waals surface area contributed by atoms with E-state index in [0.29, 0.717) is 17.1 Å². The largest absolute Gasteiger partial charge is 0.465 e. The summed E-state index contributed by atoms with van der Waals surface area (Å²) in [6.07, 6.45) is 5.66. The highest BCUT2D eigenvalue weighted by atomic mass is 16.5. The van der Waals surface area contributed by atoms with Crippen molar-refractivity contribution in [1.82, 2.24) is 14.5 Å². The topological polar surface area (TPSA) is 83.0 Å². The smallest absolute Gasteiger partial charge is 0.341 e. The van der Waals surface area contributed by atoms with Crippen LogP contribution in [0.5, 0.6) is 0 Å². The molecule has 2 N–H and O–H groups in total. The molecule has 0 saturated heterocycles. The zero-order chi connectivity index (χ0) is 13.1. The molecule has 0 aliphatic carbocycles. The molecule has 6 nitrogen and oxygen atoms in total. The monoisotopic (exact) mass is 246 g/mol. The van der Waals surface area contributed by atoms with Crippen LogP contribution in [0.1, 0.15) is 23.1 Å². The third-order valence-electron chi connectivity index (χ3n) is 2.55. The Morgan fingerprint density at radius 3 is 2.94 bits per heavy atom. The predicted molar refractivity (Wildman–Crippen MR) is 66.5 cm³/mol. The van der Waals surface area contributed by atoms with Gasteiger partial charge >= 0.3 is 5.97 Å². The lowest BCUT2D eigenvalue weighted by Crippen LogP contribution is -2.12. The van der Waals surface area contributed by atoms with Crippen LogP contribution in [0.2, 0.25) is 0 Å². The van der Waals surface area contributed by atoms with Gasteiger partial charge in [-0.15, -0.1) is 0 Å². The Morgan fingerprint density at radius 1 is 1.50 bits per heavy atom. The first-order valence-corrected chi connectivity index (χ1v) is 5.53. The van der Waals surface area contributed by atoms with Crippen molar-refractivity contribution in [2.75, 3.05) is 12.8 Å². The number of hydrogen-bond donors (Lipinski definition) is 1. The van der Waals surface area contributed by atoms with Crippen LogP contribution in [0.25, 0.3) is 5.82 Å². The van der Waals surface area contributed by atoms with Crippen molar-refractivity contribution in [2.45, 2.75) is 13.3 Å². The molecule has 2 rings (SSSR count). The molecule has 0 amide bonds. The molecule has 2 aromatic rings. The highest BCUT2D eigenvalue weighted by Crippen LogP contribution is 2.17. The second-order valence-electron chi connectivity index (χ2n) is 3.70. The summed E-state index contributed by atoms with van der Waals surface area (Å²) in [5, 5.41) is 0. The van der Waals surface area contributed by atoms with E-state index in [1.807, 2.05) is 6.92 Å². The quantitative estimate of drug-likeness (QED) is 0.823. The van der Waals surface area contributed by atoms with Gasteiger partial charge in [0.25, 0.3) is 0 Å². The van der Waals surface area contributed by atoms with Gasteiger partial charge in [0.05, 0.1) is 19.0 Å². The molecule has 0 atom stereocenters. The van der Waals surface area contributed by atoms with Crippen LogP contribution in [-0.2, 0) is 11.2 Å². The van der Waals surface area contributed by atoms with E-state index < -0.39 is 5.97 Å². The summed E-state index contributed by atoms with van der Waals surface area (Å²) in [6, 6.07) is 1.55. The average Bonchev–Trinajstić information content (AvgIpc) is 2.85. The Labute approximate surface area is 104 Å². The maximum absolute atomic E-state index is 11.7. The molecule has 0 aromatic carbocycles. The van der Waals surface area contributed by atoms with Crippen molar-refractivity contribution < 1.29 is 9.53 Å². The second-order valence-corrected chi connectivity index (χ2v) is 3.70. The van der Waals surface area contributed by atoms with E-state index in [-0.39, 0.29) is 0 Å². The van der Waals surface area contributed by atoms with Crippen LogP contribution >= 0.6 is 0 Å². The zero-order valence-corrected chi connectivity index (χ0v) is 10.3. The van der Waals surface area contributed by atoms with Crippen LogP contribution in [0.3, 0.4) is 0 Å². The lowest BCUT2D eigenvalue weighted by Gasteiger charge is -2.10. The van der Waals surface area contributed by atoms with E-state index in [9.17, 15) is 4.79 Å². The number of nitrogen functional groups attached to an aromatic ring is 1. The number of methoxy groups -OCH3 is 1. The third kappa shape index (κ3) is 2.04. The molecule has 0 fully saturated rings. The first-order chi connectivity index (χ1) is 8.67. The minimum atomic E-state index is -0.472. The van der Waals surface area contributed by atoms with Gasteiger partial charge in [-0.05, 0) is 6.07 Å². The van der Waals surface area contributed by atoms with Gasteiger partial charge in [0.1, 0.15) is 11.4 Å². The number of aromatic nitrogens is 3. The molecular weight excluding hydrogens is 232 g/mol. The molecule has 2 heterocycles. The van der Waals surface area contributed by atoms with Crippen molar-refractivity contribution in [3.8, 4) is 5.82 Å². The van der Waals surface area contributed by atoms with Crippen LogP contribution in [0, 0.1) is 0 Å². The summed E-state index contributed by atoms with van der Waals surface area (Å²) in [4.78, 5) is 20.1. The summed E-state index contributed by atoms with van der Waals surface area (Å²) >= 11 is 0. The SMILES string of the molecule is CCc1nccn1-c1ncc(N)cc1C(=O)OC. The molecule has 0 aliphatic rings.